The van der Waals surface area contributed by atoms with E-state index in [-0.39, 0.29) is 35.9 Å². The molecule has 1 aromatic carbocycles. The van der Waals surface area contributed by atoms with E-state index in [1.54, 1.807) is 13.0 Å². The fourth-order valence-electron chi connectivity index (χ4n) is 4.07. The highest BCUT2D eigenvalue weighted by atomic mass is 19.4. The predicted octanol–water partition coefficient (Wildman–Crippen LogP) is 5.54. The number of halogens is 3. The number of allylic oxidation sites excluding steroid dienone is 2. The van der Waals surface area contributed by atoms with E-state index in [0.717, 1.165) is 37.8 Å². The fourth-order valence-corrected chi connectivity index (χ4v) is 4.07. The lowest BCUT2D eigenvalue weighted by Crippen LogP contribution is -2.26. The molecule has 3 rings (SSSR count). The van der Waals surface area contributed by atoms with E-state index in [1.807, 2.05) is 6.08 Å². The molecule has 0 heterocycles. The molecular weight excluding hydrogens is 341 g/mol. The van der Waals surface area contributed by atoms with Crippen LogP contribution in [0.25, 0.3) is 0 Å². The number of hydrogen-bond donors (Lipinski definition) is 0. The van der Waals surface area contributed by atoms with Crippen molar-refractivity contribution in [3.05, 3.63) is 46.5 Å². The van der Waals surface area contributed by atoms with Crippen LogP contribution in [0.3, 0.4) is 0 Å². The first kappa shape index (κ1) is 18.9. The summed E-state index contributed by atoms with van der Waals surface area (Å²) in [7, 11) is 0. The van der Waals surface area contributed by atoms with Gasteiger partial charge in [-0.1, -0.05) is 37.0 Å². The molecule has 0 spiro atoms. The Morgan fingerprint density at radius 1 is 0.962 bits per heavy atom. The summed E-state index contributed by atoms with van der Waals surface area (Å²) in [5.74, 6) is -0.655. The molecule has 2 saturated carbocycles. The van der Waals surface area contributed by atoms with Crippen molar-refractivity contribution in [3.63, 3.8) is 0 Å². The number of alkyl halides is 3. The number of ketones is 2. The summed E-state index contributed by atoms with van der Waals surface area (Å²) in [5, 5.41) is 0. The van der Waals surface area contributed by atoms with Crippen LogP contribution in [-0.2, 0) is 15.8 Å². The molecule has 0 saturated heterocycles. The van der Waals surface area contributed by atoms with Crippen molar-refractivity contribution in [3.8, 4) is 0 Å². The van der Waals surface area contributed by atoms with Gasteiger partial charge in [0.05, 0.1) is 11.1 Å². The van der Waals surface area contributed by atoms with Crippen LogP contribution >= 0.6 is 0 Å². The number of rotatable bonds is 2. The third kappa shape index (κ3) is 4.25. The summed E-state index contributed by atoms with van der Waals surface area (Å²) < 4.78 is 39.1. The molecule has 0 bridgehead atoms. The third-order valence-electron chi connectivity index (χ3n) is 5.42. The van der Waals surface area contributed by atoms with Crippen LogP contribution in [0, 0.1) is 12.8 Å². The Balaban J connectivity index is 1.81. The maximum Gasteiger partial charge on any atom is 0.416 e. The van der Waals surface area contributed by atoms with Gasteiger partial charge in [0.15, 0.2) is 11.6 Å². The summed E-state index contributed by atoms with van der Waals surface area (Å²) in [6, 6.07) is 3.81. The van der Waals surface area contributed by atoms with Gasteiger partial charge in [0, 0.05) is 12.8 Å². The Labute approximate surface area is 151 Å². The first-order valence-electron chi connectivity index (χ1n) is 9.21. The number of benzene rings is 1. The van der Waals surface area contributed by atoms with Crippen molar-refractivity contribution in [2.24, 2.45) is 5.92 Å². The predicted molar refractivity (Wildman–Crippen MR) is 92.8 cm³/mol. The zero-order valence-electron chi connectivity index (χ0n) is 14.9. The Bertz CT molecular complexity index is 720. The van der Waals surface area contributed by atoms with Gasteiger partial charge in [-0.25, -0.2) is 0 Å². The van der Waals surface area contributed by atoms with E-state index in [1.165, 1.54) is 6.42 Å². The lowest BCUT2D eigenvalue weighted by atomic mass is 9.77. The minimum atomic E-state index is -4.44. The summed E-state index contributed by atoms with van der Waals surface area (Å²) in [6.45, 7) is 1.60. The topological polar surface area (TPSA) is 34.1 Å². The van der Waals surface area contributed by atoms with Gasteiger partial charge in [-0.05, 0) is 49.3 Å². The van der Waals surface area contributed by atoms with E-state index in [2.05, 4.69) is 0 Å². The van der Waals surface area contributed by atoms with Gasteiger partial charge in [0.25, 0.3) is 0 Å². The van der Waals surface area contributed by atoms with Crippen LogP contribution in [0.15, 0.2) is 29.8 Å². The molecule has 0 atom stereocenters. The van der Waals surface area contributed by atoms with Gasteiger partial charge in [-0.3, -0.25) is 9.59 Å². The molecular formula is C21H23F3O2. The molecule has 0 radical (unpaired) electrons. The van der Waals surface area contributed by atoms with E-state index in [0.29, 0.717) is 11.1 Å². The van der Waals surface area contributed by atoms with Crippen LogP contribution in [0.2, 0.25) is 0 Å². The van der Waals surface area contributed by atoms with Crippen molar-refractivity contribution >= 4 is 11.6 Å². The monoisotopic (exact) mass is 364 g/mol. The molecule has 26 heavy (non-hydrogen) atoms. The lowest BCUT2D eigenvalue weighted by molar-refractivity contribution is -0.137. The molecule has 0 amide bonds. The fraction of sp³-hybridized carbons (Fsp3) is 0.524. The number of hydrogen-bond acceptors (Lipinski definition) is 2. The molecule has 2 aliphatic carbocycles. The Hall–Kier alpha value is -1.91. The highest BCUT2D eigenvalue weighted by Crippen LogP contribution is 2.37. The zero-order chi connectivity index (χ0) is 18.9. The number of aryl methyl sites for hydroxylation is 1. The smallest absolute Gasteiger partial charge is 0.294 e. The van der Waals surface area contributed by atoms with Crippen LogP contribution in [0.1, 0.15) is 67.6 Å². The summed E-state index contributed by atoms with van der Waals surface area (Å²) in [6.07, 6.45) is 3.02. The minimum Gasteiger partial charge on any atom is -0.294 e. The summed E-state index contributed by atoms with van der Waals surface area (Å²) in [5.41, 5.74) is 0.460. The van der Waals surface area contributed by atoms with Crippen LogP contribution in [0.5, 0.6) is 0 Å². The highest BCUT2D eigenvalue weighted by Gasteiger charge is 2.35. The maximum absolute atomic E-state index is 13.0. The molecule has 0 unspecified atom stereocenters. The largest absolute Gasteiger partial charge is 0.416 e. The molecule has 2 fully saturated rings. The third-order valence-corrected chi connectivity index (χ3v) is 5.42. The first-order valence-corrected chi connectivity index (χ1v) is 9.21. The van der Waals surface area contributed by atoms with Crippen LogP contribution in [0.4, 0.5) is 13.2 Å². The van der Waals surface area contributed by atoms with Crippen LogP contribution in [-0.4, -0.2) is 11.6 Å². The van der Waals surface area contributed by atoms with E-state index >= 15 is 0 Å². The van der Waals surface area contributed by atoms with Crippen molar-refractivity contribution in [1.29, 1.82) is 0 Å². The van der Waals surface area contributed by atoms with Gasteiger partial charge >= 0.3 is 6.18 Å². The second-order valence-electron chi connectivity index (χ2n) is 7.56. The van der Waals surface area contributed by atoms with Gasteiger partial charge in [0.1, 0.15) is 0 Å². The van der Waals surface area contributed by atoms with Gasteiger partial charge in [-0.2, -0.15) is 13.2 Å². The molecule has 1 aromatic rings. The quantitative estimate of drug-likeness (QED) is 0.510. The molecule has 0 N–H and O–H groups in total. The zero-order valence-corrected chi connectivity index (χ0v) is 14.9. The number of Topliss-reactive ketones (excluding diaryl/α,β-unsaturated/α-hetero) is 2. The van der Waals surface area contributed by atoms with Crippen molar-refractivity contribution in [2.45, 2.75) is 64.0 Å². The molecule has 2 aliphatic rings. The summed E-state index contributed by atoms with van der Waals surface area (Å²) in [4.78, 5) is 25.0. The second kappa shape index (κ2) is 7.37. The Morgan fingerprint density at radius 3 is 2.15 bits per heavy atom. The van der Waals surface area contributed by atoms with Crippen molar-refractivity contribution in [1.82, 2.24) is 0 Å². The maximum atomic E-state index is 13.0. The average molecular weight is 364 g/mol. The second-order valence-corrected chi connectivity index (χ2v) is 7.56. The van der Waals surface area contributed by atoms with Crippen molar-refractivity contribution in [2.75, 3.05) is 0 Å². The van der Waals surface area contributed by atoms with E-state index in [9.17, 15) is 22.8 Å². The average Bonchev–Trinajstić information content (AvgIpc) is 2.57. The lowest BCUT2D eigenvalue weighted by Gasteiger charge is -2.25. The van der Waals surface area contributed by atoms with Gasteiger partial charge in [-0.15, -0.1) is 0 Å². The highest BCUT2D eigenvalue weighted by molar-refractivity contribution is 6.22. The standard InChI is InChI=1S/C21H23F3O2/c1-13-7-15(10-17(8-13)21(22,23)24)16-11-19(25)18(20(26)12-16)9-14-5-3-2-4-6-14/h7-10,14,16H,2-6,11-12H2,1H3. The molecule has 0 aliphatic heterocycles. The van der Waals surface area contributed by atoms with Gasteiger partial charge < -0.3 is 0 Å². The number of carbonyl (C=O) groups is 2. The Morgan fingerprint density at radius 2 is 1.58 bits per heavy atom. The molecule has 5 heteroatoms. The first-order chi connectivity index (χ1) is 12.2. The van der Waals surface area contributed by atoms with Crippen LogP contribution < -0.4 is 0 Å². The minimum absolute atomic E-state index is 0.102. The van der Waals surface area contributed by atoms with Gasteiger partial charge in [0.2, 0.25) is 0 Å². The van der Waals surface area contributed by atoms with E-state index in [4.69, 9.17) is 0 Å². The number of carbonyl (C=O) groups excluding carboxylic acids is 2. The summed E-state index contributed by atoms with van der Waals surface area (Å²) >= 11 is 0. The SMILES string of the molecule is Cc1cc(C2CC(=O)C(=CC3CCCCC3)C(=O)C2)cc(C(F)(F)F)c1. The molecule has 2 nitrogen and oxygen atoms in total. The van der Waals surface area contributed by atoms with E-state index < -0.39 is 17.7 Å². The van der Waals surface area contributed by atoms with Crippen molar-refractivity contribution < 1.29 is 22.8 Å². The molecule has 0 aromatic heterocycles. The Kier molecular flexibility index (Phi) is 5.35. The normalized spacial score (nSPS) is 22.6. The molecule has 140 valence electrons.